The number of carbonyl (C=O) groups is 2. The van der Waals surface area contributed by atoms with Crippen molar-refractivity contribution in [1.29, 1.82) is 0 Å². The van der Waals surface area contributed by atoms with E-state index < -0.39 is 0 Å². The van der Waals surface area contributed by atoms with Gasteiger partial charge in [0.25, 0.3) is 5.91 Å². The molecule has 0 saturated heterocycles. The number of hydrogen-bond donors (Lipinski definition) is 2. The minimum Gasteiger partial charge on any atom is -0.326 e. The van der Waals surface area contributed by atoms with Crippen LogP contribution in [0.1, 0.15) is 35.3 Å². The predicted octanol–water partition coefficient (Wildman–Crippen LogP) is 3.77. The minimum absolute atomic E-state index is 0.203. The SMILES string of the molecule is CCc1cccc(C)c1NC(=O)c1ccccc1NC(C)=O. The van der Waals surface area contributed by atoms with E-state index in [0.29, 0.717) is 11.3 Å². The maximum Gasteiger partial charge on any atom is 0.257 e. The van der Waals surface area contributed by atoms with Crippen LogP contribution in [0, 0.1) is 6.92 Å². The molecule has 4 heteroatoms. The van der Waals surface area contributed by atoms with Crippen LogP contribution in [0.5, 0.6) is 0 Å². The fraction of sp³-hybridized carbons (Fsp3) is 0.222. The molecule has 0 heterocycles. The van der Waals surface area contributed by atoms with Gasteiger partial charge in [-0.15, -0.1) is 0 Å². The van der Waals surface area contributed by atoms with Gasteiger partial charge in [0.1, 0.15) is 0 Å². The van der Waals surface area contributed by atoms with Gasteiger partial charge in [-0.05, 0) is 36.6 Å². The van der Waals surface area contributed by atoms with Crippen molar-refractivity contribution in [3.8, 4) is 0 Å². The molecule has 22 heavy (non-hydrogen) atoms. The molecule has 2 aromatic carbocycles. The van der Waals surface area contributed by atoms with Crippen LogP contribution in [0.2, 0.25) is 0 Å². The largest absolute Gasteiger partial charge is 0.326 e. The topological polar surface area (TPSA) is 58.2 Å². The summed E-state index contributed by atoms with van der Waals surface area (Å²) in [5, 5.41) is 5.65. The van der Waals surface area contributed by atoms with Crippen molar-refractivity contribution in [2.24, 2.45) is 0 Å². The fourth-order valence-electron chi connectivity index (χ4n) is 2.36. The summed E-state index contributed by atoms with van der Waals surface area (Å²) >= 11 is 0. The van der Waals surface area contributed by atoms with Crippen LogP contribution in [0.15, 0.2) is 42.5 Å². The molecule has 0 radical (unpaired) electrons. The van der Waals surface area contributed by atoms with E-state index in [4.69, 9.17) is 0 Å². The van der Waals surface area contributed by atoms with Crippen molar-refractivity contribution >= 4 is 23.2 Å². The Bertz CT molecular complexity index is 708. The monoisotopic (exact) mass is 296 g/mol. The zero-order chi connectivity index (χ0) is 16.1. The van der Waals surface area contributed by atoms with E-state index >= 15 is 0 Å². The van der Waals surface area contributed by atoms with Crippen molar-refractivity contribution in [2.75, 3.05) is 10.6 Å². The van der Waals surface area contributed by atoms with E-state index in [1.165, 1.54) is 6.92 Å². The first-order valence-electron chi connectivity index (χ1n) is 7.29. The molecule has 2 aromatic rings. The van der Waals surface area contributed by atoms with E-state index in [-0.39, 0.29) is 11.8 Å². The zero-order valence-corrected chi connectivity index (χ0v) is 13.1. The maximum absolute atomic E-state index is 12.6. The molecule has 4 nitrogen and oxygen atoms in total. The van der Waals surface area contributed by atoms with E-state index in [0.717, 1.165) is 23.2 Å². The third-order valence-corrected chi connectivity index (χ3v) is 3.46. The summed E-state index contributed by atoms with van der Waals surface area (Å²) in [5.74, 6) is -0.432. The highest BCUT2D eigenvalue weighted by Crippen LogP contribution is 2.23. The number of amides is 2. The Kier molecular flexibility index (Phi) is 4.94. The van der Waals surface area contributed by atoms with Gasteiger partial charge in [-0.25, -0.2) is 0 Å². The molecular formula is C18H20N2O2. The molecule has 0 bridgehead atoms. The van der Waals surface area contributed by atoms with Crippen LogP contribution >= 0.6 is 0 Å². The van der Waals surface area contributed by atoms with Crippen LogP contribution in [0.4, 0.5) is 11.4 Å². The second-order valence-electron chi connectivity index (χ2n) is 5.14. The van der Waals surface area contributed by atoms with Crippen LogP contribution in [0.25, 0.3) is 0 Å². The summed E-state index contributed by atoms with van der Waals surface area (Å²) in [4.78, 5) is 23.8. The number of nitrogens with one attached hydrogen (secondary N) is 2. The number of aryl methyl sites for hydroxylation is 2. The second kappa shape index (κ2) is 6.89. The molecule has 0 spiro atoms. The van der Waals surface area contributed by atoms with Crippen molar-refractivity contribution in [3.63, 3.8) is 0 Å². The third kappa shape index (κ3) is 3.52. The number of anilines is 2. The number of benzene rings is 2. The van der Waals surface area contributed by atoms with Crippen LogP contribution in [-0.4, -0.2) is 11.8 Å². The molecule has 0 saturated carbocycles. The lowest BCUT2D eigenvalue weighted by Gasteiger charge is -2.14. The smallest absolute Gasteiger partial charge is 0.257 e. The molecule has 0 fully saturated rings. The van der Waals surface area contributed by atoms with Gasteiger partial charge in [-0.3, -0.25) is 9.59 Å². The lowest BCUT2D eigenvalue weighted by molar-refractivity contribution is -0.114. The molecule has 2 N–H and O–H groups in total. The first-order valence-corrected chi connectivity index (χ1v) is 7.29. The first-order chi connectivity index (χ1) is 10.5. The Balaban J connectivity index is 2.33. The molecule has 0 atom stereocenters. The van der Waals surface area contributed by atoms with Gasteiger partial charge in [-0.1, -0.05) is 37.3 Å². The summed E-state index contributed by atoms with van der Waals surface area (Å²) < 4.78 is 0. The summed E-state index contributed by atoms with van der Waals surface area (Å²) in [6, 6.07) is 12.9. The van der Waals surface area contributed by atoms with E-state index in [1.54, 1.807) is 24.3 Å². The summed E-state index contributed by atoms with van der Waals surface area (Å²) in [6.45, 7) is 5.44. The molecule has 2 amide bonds. The first kappa shape index (κ1) is 15.8. The van der Waals surface area contributed by atoms with Crippen LogP contribution in [0.3, 0.4) is 0 Å². The quantitative estimate of drug-likeness (QED) is 0.902. The van der Waals surface area contributed by atoms with Crippen molar-refractivity contribution in [3.05, 3.63) is 59.2 Å². The lowest BCUT2D eigenvalue weighted by Crippen LogP contribution is -2.17. The molecule has 2 rings (SSSR count). The number of para-hydroxylation sites is 2. The van der Waals surface area contributed by atoms with Gasteiger partial charge in [0, 0.05) is 12.6 Å². The molecule has 0 aliphatic rings. The minimum atomic E-state index is -0.228. The van der Waals surface area contributed by atoms with Crippen molar-refractivity contribution < 1.29 is 9.59 Å². The Morgan fingerprint density at radius 1 is 1.00 bits per heavy atom. The average molecular weight is 296 g/mol. The highest BCUT2D eigenvalue weighted by molar-refractivity contribution is 6.10. The molecule has 0 aromatic heterocycles. The van der Waals surface area contributed by atoms with Gasteiger partial charge in [0.2, 0.25) is 5.91 Å². The molecule has 114 valence electrons. The average Bonchev–Trinajstić information content (AvgIpc) is 2.49. The summed E-state index contributed by atoms with van der Waals surface area (Å²) in [5.41, 5.74) is 3.91. The predicted molar refractivity (Wildman–Crippen MR) is 89.3 cm³/mol. The standard InChI is InChI=1S/C18H20N2O2/c1-4-14-9-7-8-12(2)17(14)20-18(22)15-10-5-6-11-16(15)19-13(3)21/h5-11H,4H2,1-3H3,(H,19,21)(H,20,22). The van der Waals surface area contributed by atoms with Gasteiger partial charge >= 0.3 is 0 Å². The van der Waals surface area contributed by atoms with Gasteiger partial charge in [-0.2, -0.15) is 0 Å². The molecule has 0 unspecified atom stereocenters. The van der Waals surface area contributed by atoms with Crippen LogP contribution in [-0.2, 0) is 11.2 Å². The highest BCUT2D eigenvalue weighted by Gasteiger charge is 2.14. The Morgan fingerprint density at radius 2 is 1.73 bits per heavy atom. The van der Waals surface area contributed by atoms with E-state index in [9.17, 15) is 9.59 Å². The molecule has 0 aliphatic heterocycles. The third-order valence-electron chi connectivity index (χ3n) is 3.46. The maximum atomic E-state index is 12.6. The van der Waals surface area contributed by atoms with Crippen LogP contribution < -0.4 is 10.6 Å². The summed E-state index contributed by atoms with van der Waals surface area (Å²) in [7, 11) is 0. The van der Waals surface area contributed by atoms with E-state index in [1.807, 2.05) is 25.1 Å². The Hall–Kier alpha value is -2.62. The Labute approximate surface area is 130 Å². The highest BCUT2D eigenvalue weighted by atomic mass is 16.2. The fourth-order valence-corrected chi connectivity index (χ4v) is 2.36. The number of carbonyl (C=O) groups excluding carboxylic acids is 2. The van der Waals surface area contributed by atoms with Crippen molar-refractivity contribution in [2.45, 2.75) is 27.2 Å². The second-order valence-corrected chi connectivity index (χ2v) is 5.14. The van der Waals surface area contributed by atoms with Crippen molar-refractivity contribution in [1.82, 2.24) is 0 Å². The van der Waals surface area contributed by atoms with Gasteiger partial charge in [0.15, 0.2) is 0 Å². The summed E-state index contributed by atoms with van der Waals surface area (Å²) in [6.07, 6.45) is 0.838. The Morgan fingerprint density at radius 3 is 2.41 bits per heavy atom. The molecule has 0 aliphatic carbocycles. The molecular weight excluding hydrogens is 276 g/mol. The van der Waals surface area contributed by atoms with Gasteiger partial charge < -0.3 is 10.6 Å². The lowest BCUT2D eigenvalue weighted by atomic mass is 10.0. The normalized spacial score (nSPS) is 10.1. The number of hydrogen-bond acceptors (Lipinski definition) is 2. The number of rotatable bonds is 4. The zero-order valence-electron chi connectivity index (χ0n) is 13.1. The van der Waals surface area contributed by atoms with Gasteiger partial charge in [0.05, 0.1) is 11.3 Å². The van der Waals surface area contributed by atoms with E-state index in [2.05, 4.69) is 17.6 Å².